The average molecular weight is 334 g/mol. The van der Waals surface area contributed by atoms with Crippen LogP contribution in [0.5, 0.6) is 0 Å². The normalized spacial score (nSPS) is 22.9. The molecule has 0 saturated carbocycles. The Balaban J connectivity index is 1.67. The highest BCUT2D eigenvalue weighted by Crippen LogP contribution is 2.18. The van der Waals surface area contributed by atoms with E-state index in [0.29, 0.717) is 6.54 Å². The van der Waals surface area contributed by atoms with E-state index in [9.17, 15) is 9.59 Å². The molecule has 6 heteroatoms. The van der Waals surface area contributed by atoms with Crippen LogP contribution >= 0.6 is 11.8 Å². The van der Waals surface area contributed by atoms with Gasteiger partial charge in [-0.05, 0) is 29.9 Å². The summed E-state index contributed by atoms with van der Waals surface area (Å²) in [5.74, 6) is 1.95. The first-order valence-electron chi connectivity index (χ1n) is 8.03. The topological polar surface area (TPSA) is 58.6 Å². The molecule has 2 aliphatic heterocycles. The maximum atomic E-state index is 12.6. The summed E-state index contributed by atoms with van der Waals surface area (Å²) < 4.78 is 5.32. The predicted octanol–water partition coefficient (Wildman–Crippen LogP) is 1.43. The fourth-order valence-corrected chi connectivity index (χ4v) is 4.05. The van der Waals surface area contributed by atoms with Crippen molar-refractivity contribution in [2.24, 2.45) is 0 Å². The van der Waals surface area contributed by atoms with Crippen molar-refractivity contribution in [3.8, 4) is 0 Å². The van der Waals surface area contributed by atoms with Crippen molar-refractivity contribution in [3.63, 3.8) is 0 Å². The first-order valence-corrected chi connectivity index (χ1v) is 9.19. The van der Waals surface area contributed by atoms with Gasteiger partial charge in [-0.15, -0.1) is 0 Å². The van der Waals surface area contributed by atoms with E-state index in [1.807, 2.05) is 42.1 Å². The minimum Gasteiger partial charge on any atom is -0.369 e. The molecule has 2 fully saturated rings. The Kier molecular flexibility index (Phi) is 5.56. The molecule has 5 nitrogen and oxygen atoms in total. The van der Waals surface area contributed by atoms with E-state index in [0.717, 1.165) is 29.9 Å². The van der Waals surface area contributed by atoms with Crippen LogP contribution < -0.4 is 5.32 Å². The zero-order valence-electron chi connectivity index (χ0n) is 13.1. The first kappa shape index (κ1) is 16.3. The molecule has 1 N–H and O–H groups in total. The summed E-state index contributed by atoms with van der Waals surface area (Å²) in [6.07, 6.45) is 1.99. The number of amides is 2. The molecule has 1 unspecified atom stereocenters. The van der Waals surface area contributed by atoms with Crippen molar-refractivity contribution in [2.45, 2.75) is 31.5 Å². The zero-order chi connectivity index (χ0) is 16.1. The fraction of sp³-hybridized carbons (Fsp3) is 0.529. The maximum Gasteiger partial charge on any atom is 0.249 e. The minimum atomic E-state index is -0.536. The van der Waals surface area contributed by atoms with Crippen molar-refractivity contribution in [1.29, 1.82) is 0 Å². The van der Waals surface area contributed by atoms with Crippen LogP contribution in [0.25, 0.3) is 0 Å². The van der Waals surface area contributed by atoms with E-state index in [-0.39, 0.29) is 31.1 Å². The summed E-state index contributed by atoms with van der Waals surface area (Å²) >= 11 is 1.92. The van der Waals surface area contributed by atoms with Crippen molar-refractivity contribution < 1.29 is 14.3 Å². The van der Waals surface area contributed by atoms with Gasteiger partial charge in [-0.2, -0.15) is 11.8 Å². The lowest BCUT2D eigenvalue weighted by Crippen LogP contribution is -2.57. The zero-order valence-corrected chi connectivity index (χ0v) is 13.9. The second-order valence-corrected chi connectivity index (χ2v) is 7.16. The number of thioether (sulfide) groups is 1. The second kappa shape index (κ2) is 7.84. The molecular formula is C17H22N2O3S. The summed E-state index contributed by atoms with van der Waals surface area (Å²) in [4.78, 5) is 26.5. The van der Waals surface area contributed by atoms with Crippen LogP contribution in [0.1, 0.15) is 18.4 Å². The number of hydrogen-bond donors (Lipinski definition) is 1. The number of ether oxygens (including phenoxy) is 1. The maximum absolute atomic E-state index is 12.6. The molecular weight excluding hydrogens is 312 g/mol. The molecule has 0 aliphatic carbocycles. The van der Waals surface area contributed by atoms with Gasteiger partial charge in [0.25, 0.3) is 0 Å². The van der Waals surface area contributed by atoms with Gasteiger partial charge in [0.05, 0.1) is 6.61 Å². The smallest absolute Gasteiger partial charge is 0.249 e. The lowest BCUT2D eigenvalue weighted by molar-refractivity contribution is -0.155. The van der Waals surface area contributed by atoms with E-state index >= 15 is 0 Å². The third kappa shape index (κ3) is 4.26. The summed E-state index contributed by atoms with van der Waals surface area (Å²) in [6, 6.07) is 9.44. The van der Waals surface area contributed by atoms with Crippen LogP contribution in [0.15, 0.2) is 30.3 Å². The summed E-state index contributed by atoms with van der Waals surface area (Å²) in [5.41, 5.74) is 1.02. The van der Waals surface area contributed by atoms with Crippen molar-refractivity contribution in [1.82, 2.24) is 10.2 Å². The lowest BCUT2D eigenvalue weighted by atomic mass is 10.1. The van der Waals surface area contributed by atoms with E-state index in [1.54, 1.807) is 4.90 Å². The van der Waals surface area contributed by atoms with Crippen molar-refractivity contribution in [3.05, 3.63) is 35.9 Å². The van der Waals surface area contributed by atoms with Crippen molar-refractivity contribution >= 4 is 23.6 Å². The standard InChI is InChI=1S/C17H22N2O3S/c20-16-12-22-11-15(17(21)18-14-6-8-23-9-7-14)19(16)10-13-4-2-1-3-5-13/h1-5,14-15H,6-12H2,(H,18,21). The minimum absolute atomic E-state index is 0.0523. The number of benzene rings is 1. The van der Waals surface area contributed by atoms with Gasteiger partial charge in [0.1, 0.15) is 12.6 Å². The number of rotatable bonds is 4. The molecule has 1 atom stereocenters. The Hall–Kier alpha value is -1.53. The van der Waals surface area contributed by atoms with E-state index in [1.165, 1.54) is 0 Å². The molecule has 124 valence electrons. The number of nitrogens with zero attached hydrogens (tertiary/aromatic N) is 1. The second-order valence-electron chi connectivity index (χ2n) is 5.93. The molecule has 0 spiro atoms. The molecule has 2 saturated heterocycles. The number of hydrogen-bond acceptors (Lipinski definition) is 4. The summed E-state index contributed by atoms with van der Waals surface area (Å²) in [7, 11) is 0. The van der Waals surface area contributed by atoms with E-state index in [2.05, 4.69) is 5.32 Å². The number of morpholine rings is 1. The van der Waals surface area contributed by atoms with Gasteiger partial charge >= 0.3 is 0 Å². The summed E-state index contributed by atoms with van der Waals surface area (Å²) in [5, 5.41) is 3.10. The third-order valence-electron chi connectivity index (χ3n) is 4.26. The van der Waals surface area contributed by atoms with E-state index in [4.69, 9.17) is 4.74 Å². The quantitative estimate of drug-likeness (QED) is 0.905. The Bertz CT molecular complexity index is 546. The van der Waals surface area contributed by atoms with Crippen LogP contribution in [0.3, 0.4) is 0 Å². The highest BCUT2D eigenvalue weighted by Gasteiger charge is 2.35. The molecule has 0 bridgehead atoms. The molecule has 2 amide bonds. The Morgan fingerprint density at radius 3 is 2.74 bits per heavy atom. The summed E-state index contributed by atoms with van der Waals surface area (Å²) in [6.45, 7) is 0.768. The van der Waals surface area contributed by atoms with Gasteiger partial charge in [-0.3, -0.25) is 9.59 Å². The highest BCUT2D eigenvalue weighted by atomic mass is 32.2. The van der Waals surface area contributed by atoms with E-state index < -0.39 is 6.04 Å². The number of carbonyl (C=O) groups excluding carboxylic acids is 2. The van der Waals surface area contributed by atoms with Crippen LogP contribution in [-0.4, -0.2) is 53.5 Å². The lowest BCUT2D eigenvalue weighted by Gasteiger charge is -2.35. The Labute approximate surface area is 140 Å². The monoisotopic (exact) mass is 334 g/mol. The van der Waals surface area contributed by atoms with Crippen LogP contribution in [-0.2, 0) is 20.9 Å². The SMILES string of the molecule is O=C(NC1CCSCC1)C1COCC(=O)N1Cc1ccccc1. The first-order chi connectivity index (χ1) is 11.2. The molecule has 23 heavy (non-hydrogen) atoms. The van der Waals surface area contributed by atoms with Gasteiger partial charge < -0.3 is 15.0 Å². The Morgan fingerprint density at radius 2 is 2.00 bits per heavy atom. The molecule has 2 heterocycles. The molecule has 2 aliphatic rings. The van der Waals surface area contributed by atoms with Crippen LogP contribution in [0.4, 0.5) is 0 Å². The van der Waals surface area contributed by atoms with Gasteiger partial charge in [0, 0.05) is 12.6 Å². The van der Waals surface area contributed by atoms with Crippen molar-refractivity contribution in [2.75, 3.05) is 24.7 Å². The number of carbonyl (C=O) groups is 2. The fourth-order valence-electron chi connectivity index (χ4n) is 2.94. The molecule has 1 aromatic carbocycles. The van der Waals surface area contributed by atoms with Gasteiger partial charge in [-0.25, -0.2) is 0 Å². The van der Waals surface area contributed by atoms with Crippen LogP contribution in [0, 0.1) is 0 Å². The molecule has 1 aromatic rings. The molecule has 0 aromatic heterocycles. The molecule has 0 radical (unpaired) electrons. The Morgan fingerprint density at radius 1 is 1.26 bits per heavy atom. The van der Waals surface area contributed by atoms with Gasteiger partial charge in [0.2, 0.25) is 11.8 Å². The number of nitrogens with one attached hydrogen (secondary N) is 1. The third-order valence-corrected chi connectivity index (χ3v) is 5.31. The average Bonchev–Trinajstić information content (AvgIpc) is 2.58. The van der Waals surface area contributed by atoms with Gasteiger partial charge in [0.15, 0.2) is 0 Å². The largest absolute Gasteiger partial charge is 0.369 e. The predicted molar refractivity (Wildman–Crippen MR) is 90.1 cm³/mol. The highest BCUT2D eigenvalue weighted by molar-refractivity contribution is 7.99. The van der Waals surface area contributed by atoms with Gasteiger partial charge in [-0.1, -0.05) is 30.3 Å². The van der Waals surface area contributed by atoms with Crippen LogP contribution in [0.2, 0.25) is 0 Å². The molecule has 3 rings (SSSR count).